The number of aromatic nitrogens is 4. The summed E-state index contributed by atoms with van der Waals surface area (Å²) in [6, 6.07) is 19.0. The lowest BCUT2D eigenvalue weighted by Crippen LogP contribution is -2.09. The van der Waals surface area contributed by atoms with Gasteiger partial charge in [-0.2, -0.15) is 4.68 Å². The molecule has 8 heteroatoms. The summed E-state index contributed by atoms with van der Waals surface area (Å²) in [6.45, 7) is -0.0511. The van der Waals surface area contributed by atoms with Gasteiger partial charge in [-0.1, -0.05) is 30.3 Å². The molecule has 0 atom stereocenters. The molecule has 0 N–H and O–H groups in total. The van der Waals surface area contributed by atoms with Crippen molar-refractivity contribution in [3.63, 3.8) is 0 Å². The Balaban J connectivity index is 1.45. The van der Waals surface area contributed by atoms with Crippen molar-refractivity contribution in [1.29, 1.82) is 0 Å². The zero-order chi connectivity index (χ0) is 18.6. The molecule has 0 fully saturated rings. The van der Waals surface area contributed by atoms with E-state index in [9.17, 15) is 9.18 Å². The fourth-order valence-corrected chi connectivity index (χ4v) is 3.39. The molecule has 0 aliphatic carbocycles. The molecule has 0 aliphatic rings. The predicted molar refractivity (Wildman–Crippen MR) is 98.0 cm³/mol. The Morgan fingerprint density at radius 3 is 2.59 bits per heavy atom. The minimum absolute atomic E-state index is 0.0511. The van der Waals surface area contributed by atoms with Crippen molar-refractivity contribution < 1.29 is 13.9 Å². The fourth-order valence-electron chi connectivity index (χ4n) is 2.48. The van der Waals surface area contributed by atoms with E-state index in [-0.39, 0.29) is 12.4 Å². The molecule has 134 valence electrons. The van der Waals surface area contributed by atoms with Crippen molar-refractivity contribution in [3.05, 3.63) is 83.2 Å². The lowest BCUT2D eigenvalue weighted by molar-refractivity contribution is 0.0465. The van der Waals surface area contributed by atoms with E-state index in [0.717, 1.165) is 16.1 Å². The van der Waals surface area contributed by atoms with Gasteiger partial charge in [0.05, 0.1) is 5.69 Å². The highest BCUT2D eigenvalue weighted by Gasteiger charge is 2.15. The largest absolute Gasteiger partial charge is 0.453 e. The smallest absolute Gasteiger partial charge is 0.348 e. The maximum absolute atomic E-state index is 13.0. The molecule has 6 nitrogen and oxygen atoms in total. The summed E-state index contributed by atoms with van der Waals surface area (Å²) in [4.78, 5) is 13.6. The Morgan fingerprint density at radius 2 is 1.81 bits per heavy atom. The van der Waals surface area contributed by atoms with Gasteiger partial charge in [-0.05, 0) is 52.4 Å². The number of hydrogen-bond donors (Lipinski definition) is 0. The summed E-state index contributed by atoms with van der Waals surface area (Å²) in [7, 11) is 0. The van der Waals surface area contributed by atoms with Crippen molar-refractivity contribution in [2.45, 2.75) is 6.61 Å². The molecule has 0 bridgehead atoms. The second-order valence-electron chi connectivity index (χ2n) is 5.59. The third kappa shape index (κ3) is 3.75. The predicted octanol–water partition coefficient (Wildman–Crippen LogP) is 3.89. The van der Waals surface area contributed by atoms with Gasteiger partial charge in [-0.15, -0.1) is 16.4 Å². The molecule has 2 aromatic heterocycles. The van der Waals surface area contributed by atoms with Crippen LogP contribution in [0.1, 0.15) is 15.5 Å². The van der Waals surface area contributed by atoms with Crippen LogP contribution in [0, 0.1) is 5.82 Å². The number of tetrazole rings is 1. The van der Waals surface area contributed by atoms with Crippen LogP contribution in [-0.2, 0) is 11.3 Å². The van der Waals surface area contributed by atoms with Crippen molar-refractivity contribution in [2.24, 2.45) is 0 Å². The summed E-state index contributed by atoms with van der Waals surface area (Å²) >= 11 is 1.28. The van der Waals surface area contributed by atoms with Crippen molar-refractivity contribution in [1.82, 2.24) is 20.2 Å². The molecule has 0 spiro atoms. The van der Waals surface area contributed by atoms with E-state index in [4.69, 9.17) is 4.74 Å². The number of benzene rings is 2. The summed E-state index contributed by atoms with van der Waals surface area (Å²) in [5.74, 6) is -0.341. The SMILES string of the molecule is O=C(OCc1nnnn1-c1ccccc1)c1ccc(-c2ccc(F)cc2)s1. The van der Waals surface area contributed by atoms with Crippen LogP contribution in [0.2, 0.25) is 0 Å². The van der Waals surface area contributed by atoms with Crippen LogP contribution in [0.25, 0.3) is 16.1 Å². The highest BCUT2D eigenvalue weighted by molar-refractivity contribution is 7.17. The number of rotatable bonds is 5. The van der Waals surface area contributed by atoms with Crippen LogP contribution >= 0.6 is 11.3 Å². The monoisotopic (exact) mass is 380 g/mol. The molecule has 2 aromatic carbocycles. The molecule has 0 aliphatic heterocycles. The van der Waals surface area contributed by atoms with E-state index < -0.39 is 5.97 Å². The van der Waals surface area contributed by atoms with Gasteiger partial charge < -0.3 is 4.74 Å². The van der Waals surface area contributed by atoms with E-state index in [1.165, 1.54) is 28.2 Å². The summed E-state index contributed by atoms with van der Waals surface area (Å²) in [5, 5.41) is 11.5. The lowest BCUT2D eigenvalue weighted by Gasteiger charge is -2.05. The van der Waals surface area contributed by atoms with E-state index in [1.807, 2.05) is 36.4 Å². The molecule has 2 heterocycles. The van der Waals surface area contributed by atoms with Crippen LogP contribution in [-0.4, -0.2) is 26.2 Å². The van der Waals surface area contributed by atoms with Crippen LogP contribution in [0.3, 0.4) is 0 Å². The minimum atomic E-state index is -0.462. The summed E-state index contributed by atoms with van der Waals surface area (Å²) < 4.78 is 19.9. The van der Waals surface area contributed by atoms with E-state index in [0.29, 0.717) is 10.7 Å². The van der Waals surface area contributed by atoms with Gasteiger partial charge in [-0.25, -0.2) is 9.18 Å². The van der Waals surface area contributed by atoms with Crippen molar-refractivity contribution >= 4 is 17.3 Å². The van der Waals surface area contributed by atoms with Gasteiger partial charge in [0.1, 0.15) is 10.7 Å². The topological polar surface area (TPSA) is 69.9 Å². The Morgan fingerprint density at radius 1 is 1.04 bits per heavy atom. The maximum Gasteiger partial charge on any atom is 0.348 e. The third-order valence-corrected chi connectivity index (χ3v) is 4.92. The zero-order valence-corrected chi connectivity index (χ0v) is 14.8. The molecular weight excluding hydrogens is 367 g/mol. The number of para-hydroxylation sites is 1. The van der Waals surface area contributed by atoms with Gasteiger partial charge in [-0.3, -0.25) is 0 Å². The van der Waals surface area contributed by atoms with Crippen LogP contribution in [0.15, 0.2) is 66.7 Å². The Kier molecular flexibility index (Phi) is 4.71. The molecule has 4 rings (SSSR count). The average molecular weight is 380 g/mol. The van der Waals surface area contributed by atoms with E-state index in [2.05, 4.69) is 15.5 Å². The Labute approximate surface area is 157 Å². The van der Waals surface area contributed by atoms with Gasteiger partial charge in [0.2, 0.25) is 0 Å². The molecule has 0 amide bonds. The normalized spacial score (nSPS) is 10.7. The molecule has 0 unspecified atom stereocenters. The number of thiophene rings is 1. The second-order valence-corrected chi connectivity index (χ2v) is 6.67. The first-order valence-corrected chi connectivity index (χ1v) is 8.88. The van der Waals surface area contributed by atoms with Gasteiger partial charge in [0.15, 0.2) is 12.4 Å². The number of esters is 1. The summed E-state index contributed by atoms with van der Waals surface area (Å²) in [6.07, 6.45) is 0. The number of nitrogens with zero attached hydrogens (tertiary/aromatic N) is 4. The number of halogens is 1. The third-order valence-electron chi connectivity index (χ3n) is 3.80. The van der Waals surface area contributed by atoms with Crippen LogP contribution in [0.5, 0.6) is 0 Å². The number of carbonyl (C=O) groups is 1. The van der Waals surface area contributed by atoms with Crippen molar-refractivity contribution in [3.8, 4) is 16.1 Å². The molecule has 27 heavy (non-hydrogen) atoms. The first-order chi connectivity index (χ1) is 13.2. The van der Waals surface area contributed by atoms with Crippen molar-refractivity contribution in [2.75, 3.05) is 0 Å². The standard InChI is InChI=1S/C19H13FN4O2S/c20-14-8-6-13(7-9-14)16-10-11-17(27-16)19(25)26-12-18-21-22-23-24(18)15-4-2-1-3-5-15/h1-11H,12H2. The Hall–Kier alpha value is -3.39. The van der Waals surface area contributed by atoms with Gasteiger partial charge in [0, 0.05) is 4.88 Å². The fraction of sp³-hybridized carbons (Fsp3) is 0.0526. The van der Waals surface area contributed by atoms with E-state index in [1.54, 1.807) is 18.2 Å². The van der Waals surface area contributed by atoms with Gasteiger partial charge >= 0.3 is 5.97 Å². The van der Waals surface area contributed by atoms with Crippen LogP contribution in [0.4, 0.5) is 4.39 Å². The van der Waals surface area contributed by atoms with Crippen LogP contribution < -0.4 is 0 Å². The summed E-state index contributed by atoms with van der Waals surface area (Å²) in [5.41, 5.74) is 1.62. The molecule has 4 aromatic rings. The van der Waals surface area contributed by atoms with Gasteiger partial charge in [0.25, 0.3) is 0 Å². The maximum atomic E-state index is 13.0. The minimum Gasteiger partial charge on any atom is -0.453 e. The zero-order valence-electron chi connectivity index (χ0n) is 13.9. The molecule has 0 saturated carbocycles. The average Bonchev–Trinajstić information content (AvgIpc) is 3.37. The number of carbonyl (C=O) groups excluding carboxylic acids is 1. The first-order valence-electron chi connectivity index (χ1n) is 8.06. The quantitative estimate of drug-likeness (QED) is 0.491. The first kappa shape index (κ1) is 17.0. The number of ether oxygens (including phenoxy) is 1. The second kappa shape index (κ2) is 7.46. The molecular formula is C19H13FN4O2S. The highest BCUT2D eigenvalue weighted by atomic mass is 32.1. The van der Waals surface area contributed by atoms with E-state index >= 15 is 0 Å². The Bertz CT molecular complexity index is 1060. The lowest BCUT2D eigenvalue weighted by atomic mass is 10.2. The number of hydrogen-bond acceptors (Lipinski definition) is 6. The molecule has 0 radical (unpaired) electrons. The molecule has 0 saturated heterocycles. The highest BCUT2D eigenvalue weighted by Crippen LogP contribution is 2.28.